The minimum Gasteiger partial charge on any atom is -0.388 e. The molecule has 0 spiro atoms. The highest BCUT2D eigenvalue weighted by molar-refractivity contribution is 5.73. The zero-order valence-corrected chi connectivity index (χ0v) is 15.0. The first-order chi connectivity index (χ1) is 12.1. The van der Waals surface area contributed by atoms with Crippen molar-refractivity contribution < 1.29 is 9.90 Å². The maximum absolute atomic E-state index is 12.0. The van der Waals surface area contributed by atoms with Crippen molar-refractivity contribution in [1.82, 2.24) is 15.6 Å². The van der Waals surface area contributed by atoms with E-state index in [-0.39, 0.29) is 6.03 Å². The second kappa shape index (κ2) is 8.52. The second-order valence-corrected chi connectivity index (χ2v) is 7.39. The Kier molecular flexibility index (Phi) is 6.13. The Hall–Kier alpha value is -1.82. The Balaban J connectivity index is 1.41. The second-order valence-electron chi connectivity index (χ2n) is 7.39. The van der Waals surface area contributed by atoms with Crippen molar-refractivity contribution in [1.29, 1.82) is 0 Å². The van der Waals surface area contributed by atoms with E-state index in [2.05, 4.69) is 20.5 Å². The third kappa shape index (κ3) is 5.33. The number of carbonyl (C=O) groups excluding carboxylic acids is 1. The van der Waals surface area contributed by atoms with Gasteiger partial charge in [0.05, 0.1) is 5.60 Å². The van der Waals surface area contributed by atoms with Gasteiger partial charge in [0.2, 0.25) is 0 Å². The van der Waals surface area contributed by atoms with Crippen LogP contribution in [0.2, 0.25) is 0 Å². The topological polar surface area (TPSA) is 77.5 Å². The molecule has 2 amide bonds. The molecule has 0 atom stereocenters. The minimum absolute atomic E-state index is 0.235. The SMILES string of the molecule is O=C(NCc1ccc(N2CCCC2)nc1)NCC1(O)CCCCCC1. The zero-order valence-electron chi connectivity index (χ0n) is 15.0. The summed E-state index contributed by atoms with van der Waals surface area (Å²) in [5, 5.41) is 16.2. The number of nitrogens with one attached hydrogen (secondary N) is 2. The van der Waals surface area contributed by atoms with Crippen molar-refractivity contribution in [2.75, 3.05) is 24.5 Å². The van der Waals surface area contributed by atoms with Gasteiger partial charge in [0.25, 0.3) is 0 Å². The van der Waals surface area contributed by atoms with Gasteiger partial charge >= 0.3 is 6.03 Å². The van der Waals surface area contributed by atoms with Gasteiger partial charge < -0.3 is 20.6 Å². The molecule has 1 aliphatic heterocycles. The van der Waals surface area contributed by atoms with E-state index in [0.717, 1.165) is 50.2 Å². The molecule has 3 N–H and O–H groups in total. The number of nitrogens with zero attached hydrogens (tertiary/aromatic N) is 2. The third-order valence-electron chi connectivity index (χ3n) is 5.30. The summed E-state index contributed by atoms with van der Waals surface area (Å²) in [5.41, 5.74) is 0.235. The molecule has 1 saturated heterocycles. The first-order valence-electron chi connectivity index (χ1n) is 9.59. The lowest BCUT2D eigenvalue weighted by Crippen LogP contribution is -2.46. The van der Waals surface area contributed by atoms with Gasteiger partial charge in [-0.05, 0) is 37.3 Å². The highest BCUT2D eigenvalue weighted by Crippen LogP contribution is 2.26. The van der Waals surface area contributed by atoms with E-state index in [1.54, 1.807) is 0 Å². The Morgan fingerprint density at radius 3 is 2.44 bits per heavy atom. The molecule has 0 bridgehead atoms. The highest BCUT2D eigenvalue weighted by atomic mass is 16.3. The molecule has 2 fully saturated rings. The normalized spacial score (nSPS) is 20.1. The van der Waals surface area contributed by atoms with Crippen molar-refractivity contribution in [2.45, 2.75) is 63.5 Å². The number of aliphatic hydroxyl groups is 1. The summed E-state index contributed by atoms with van der Waals surface area (Å²) in [5.74, 6) is 1.02. The van der Waals surface area contributed by atoms with Crippen LogP contribution in [0.4, 0.5) is 10.6 Å². The zero-order chi connectivity index (χ0) is 17.5. The summed E-state index contributed by atoms with van der Waals surface area (Å²) >= 11 is 0. The minimum atomic E-state index is -0.743. The summed E-state index contributed by atoms with van der Waals surface area (Å²) in [6.07, 6.45) is 10.3. The van der Waals surface area contributed by atoms with E-state index >= 15 is 0 Å². The van der Waals surface area contributed by atoms with Crippen molar-refractivity contribution in [3.05, 3.63) is 23.9 Å². The lowest BCUT2D eigenvalue weighted by Gasteiger charge is -2.26. The predicted molar refractivity (Wildman–Crippen MR) is 98.6 cm³/mol. The maximum Gasteiger partial charge on any atom is 0.315 e. The highest BCUT2D eigenvalue weighted by Gasteiger charge is 2.28. The largest absolute Gasteiger partial charge is 0.388 e. The fourth-order valence-corrected chi connectivity index (χ4v) is 3.71. The van der Waals surface area contributed by atoms with Crippen LogP contribution in [0, 0.1) is 0 Å². The van der Waals surface area contributed by atoms with Crippen LogP contribution in [0.3, 0.4) is 0 Å². The van der Waals surface area contributed by atoms with Crippen LogP contribution >= 0.6 is 0 Å². The molecular weight excluding hydrogens is 316 g/mol. The van der Waals surface area contributed by atoms with E-state index < -0.39 is 5.60 Å². The van der Waals surface area contributed by atoms with Gasteiger partial charge in [-0.15, -0.1) is 0 Å². The Labute approximate surface area is 150 Å². The maximum atomic E-state index is 12.0. The molecule has 1 aromatic rings. The monoisotopic (exact) mass is 346 g/mol. The summed E-state index contributed by atoms with van der Waals surface area (Å²) in [7, 11) is 0. The van der Waals surface area contributed by atoms with Crippen LogP contribution in [-0.2, 0) is 6.54 Å². The van der Waals surface area contributed by atoms with E-state index in [4.69, 9.17) is 0 Å². The number of hydrogen-bond donors (Lipinski definition) is 3. The quantitative estimate of drug-likeness (QED) is 0.716. The molecule has 2 heterocycles. The van der Waals surface area contributed by atoms with Crippen molar-refractivity contribution in [3.8, 4) is 0 Å². The van der Waals surface area contributed by atoms with E-state index in [1.165, 1.54) is 25.7 Å². The molecule has 1 saturated carbocycles. The van der Waals surface area contributed by atoms with Gasteiger partial charge in [0.1, 0.15) is 5.82 Å². The molecule has 3 rings (SSSR count). The van der Waals surface area contributed by atoms with Crippen molar-refractivity contribution in [3.63, 3.8) is 0 Å². The summed E-state index contributed by atoms with van der Waals surface area (Å²) < 4.78 is 0. The van der Waals surface area contributed by atoms with E-state index in [9.17, 15) is 9.90 Å². The van der Waals surface area contributed by atoms with Crippen molar-refractivity contribution >= 4 is 11.8 Å². The fourth-order valence-electron chi connectivity index (χ4n) is 3.71. The van der Waals surface area contributed by atoms with Gasteiger partial charge in [-0.25, -0.2) is 9.78 Å². The molecule has 1 aromatic heterocycles. The number of amides is 2. The smallest absolute Gasteiger partial charge is 0.315 e. The summed E-state index contributed by atoms with van der Waals surface area (Å²) in [6, 6.07) is 3.80. The van der Waals surface area contributed by atoms with Gasteiger partial charge in [-0.2, -0.15) is 0 Å². The van der Waals surface area contributed by atoms with Crippen LogP contribution in [-0.4, -0.2) is 41.4 Å². The molecule has 0 radical (unpaired) electrons. The van der Waals surface area contributed by atoms with Gasteiger partial charge in [-0.3, -0.25) is 0 Å². The summed E-state index contributed by atoms with van der Waals surface area (Å²) in [6.45, 7) is 2.92. The number of pyridine rings is 1. The van der Waals surface area contributed by atoms with Crippen LogP contribution in [0.1, 0.15) is 56.9 Å². The van der Waals surface area contributed by atoms with Crippen LogP contribution in [0.15, 0.2) is 18.3 Å². The Bertz CT molecular complexity index is 547. The van der Waals surface area contributed by atoms with Gasteiger partial charge in [-0.1, -0.05) is 31.7 Å². The van der Waals surface area contributed by atoms with E-state index in [0.29, 0.717) is 13.1 Å². The molecule has 25 heavy (non-hydrogen) atoms. The molecule has 6 nitrogen and oxygen atoms in total. The molecule has 0 aromatic carbocycles. The number of urea groups is 1. The molecular formula is C19H30N4O2. The predicted octanol–water partition coefficient (Wildman–Crippen LogP) is 2.57. The summed E-state index contributed by atoms with van der Waals surface area (Å²) in [4.78, 5) is 18.8. The number of aromatic nitrogens is 1. The van der Waals surface area contributed by atoms with Crippen LogP contribution < -0.4 is 15.5 Å². The Morgan fingerprint density at radius 2 is 1.80 bits per heavy atom. The lowest BCUT2D eigenvalue weighted by atomic mass is 9.95. The number of carbonyl (C=O) groups is 1. The number of rotatable bonds is 5. The third-order valence-corrected chi connectivity index (χ3v) is 5.30. The standard InChI is InChI=1S/C19H30N4O2/c24-18(22-15-19(25)9-3-1-2-4-10-19)21-14-16-7-8-17(20-13-16)23-11-5-6-12-23/h7-8,13,25H,1-6,9-12,14-15H2,(H2,21,22,24). The van der Waals surface area contributed by atoms with E-state index in [1.807, 2.05) is 18.3 Å². The van der Waals surface area contributed by atoms with Gasteiger partial charge in [0, 0.05) is 32.4 Å². The van der Waals surface area contributed by atoms with Crippen LogP contribution in [0.25, 0.3) is 0 Å². The van der Waals surface area contributed by atoms with Gasteiger partial charge in [0.15, 0.2) is 0 Å². The molecule has 138 valence electrons. The van der Waals surface area contributed by atoms with Crippen molar-refractivity contribution in [2.24, 2.45) is 0 Å². The average molecular weight is 346 g/mol. The molecule has 1 aliphatic carbocycles. The van der Waals surface area contributed by atoms with Crippen LogP contribution in [0.5, 0.6) is 0 Å². The number of anilines is 1. The molecule has 0 unspecified atom stereocenters. The molecule has 6 heteroatoms. The lowest BCUT2D eigenvalue weighted by molar-refractivity contribution is 0.0276. The fraction of sp³-hybridized carbons (Fsp3) is 0.684. The Morgan fingerprint density at radius 1 is 1.08 bits per heavy atom. The number of hydrogen-bond acceptors (Lipinski definition) is 4. The first kappa shape index (κ1) is 18.0. The average Bonchev–Trinajstić information content (AvgIpc) is 3.08. The molecule has 2 aliphatic rings. The first-order valence-corrected chi connectivity index (χ1v) is 9.59.